The highest BCUT2D eigenvalue weighted by Gasteiger charge is 2.20. The van der Waals surface area contributed by atoms with E-state index in [-0.39, 0.29) is 5.82 Å². The van der Waals surface area contributed by atoms with Crippen molar-refractivity contribution in [2.45, 2.75) is 19.0 Å². The minimum atomic E-state index is -0.191. The Morgan fingerprint density at radius 1 is 1.30 bits per heavy atom. The molecule has 2 N–H and O–H groups in total. The molecule has 1 aromatic heterocycles. The summed E-state index contributed by atoms with van der Waals surface area (Å²) in [6, 6.07) is 7.02. The van der Waals surface area contributed by atoms with Crippen LogP contribution >= 0.6 is 0 Å². The first-order chi connectivity index (χ1) is 9.79. The standard InChI is InChI=1S/C13H17FN6/c14-11-3-1-10(2-4-11)8-20-6-5-15-12(9-20)7-13-16-18-19-17-13/h1-4,12,15H,5-9H2,(H,16,17,18,19). The Hall–Kier alpha value is -1.86. The van der Waals surface area contributed by atoms with Gasteiger partial charge in [0.1, 0.15) is 5.82 Å². The van der Waals surface area contributed by atoms with E-state index >= 15 is 0 Å². The lowest BCUT2D eigenvalue weighted by Gasteiger charge is -2.33. The molecule has 0 spiro atoms. The summed E-state index contributed by atoms with van der Waals surface area (Å²) in [5.74, 6) is 0.537. The number of aromatic nitrogens is 4. The van der Waals surface area contributed by atoms with Crippen LogP contribution in [0.5, 0.6) is 0 Å². The van der Waals surface area contributed by atoms with Crippen molar-refractivity contribution >= 4 is 0 Å². The van der Waals surface area contributed by atoms with Gasteiger partial charge in [0.2, 0.25) is 0 Å². The van der Waals surface area contributed by atoms with Gasteiger partial charge in [-0.15, -0.1) is 10.2 Å². The normalized spacial score (nSPS) is 20.1. The van der Waals surface area contributed by atoms with E-state index in [0.717, 1.165) is 44.0 Å². The van der Waals surface area contributed by atoms with Crippen LogP contribution in [0.25, 0.3) is 0 Å². The quantitative estimate of drug-likeness (QED) is 0.843. The number of H-pyrrole nitrogens is 1. The Bertz CT molecular complexity index is 526. The van der Waals surface area contributed by atoms with E-state index in [1.54, 1.807) is 0 Å². The fourth-order valence-corrected chi connectivity index (χ4v) is 2.51. The molecule has 2 aromatic rings. The second-order valence-electron chi connectivity index (χ2n) is 5.04. The smallest absolute Gasteiger partial charge is 0.176 e. The zero-order chi connectivity index (χ0) is 13.8. The monoisotopic (exact) mass is 276 g/mol. The summed E-state index contributed by atoms with van der Waals surface area (Å²) in [4.78, 5) is 2.36. The molecule has 0 bridgehead atoms. The van der Waals surface area contributed by atoms with Crippen molar-refractivity contribution in [1.29, 1.82) is 0 Å². The van der Waals surface area contributed by atoms with Crippen molar-refractivity contribution in [3.63, 3.8) is 0 Å². The van der Waals surface area contributed by atoms with Gasteiger partial charge in [0.15, 0.2) is 5.82 Å². The third-order valence-electron chi connectivity index (χ3n) is 3.48. The topological polar surface area (TPSA) is 69.7 Å². The zero-order valence-electron chi connectivity index (χ0n) is 11.1. The molecule has 0 aliphatic carbocycles. The van der Waals surface area contributed by atoms with Gasteiger partial charge in [-0.05, 0) is 17.7 Å². The number of piperazine rings is 1. The van der Waals surface area contributed by atoms with E-state index in [1.165, 1.54) is 12.1 Å². The first kappa shape index (κ1) is 13.1. The Morgan fingerprint density at radius 2 is 2.15 bits per heavy atom. The second kappa shape index (κ2) is 6.06. The molecular weight excluding hydrogens is 259 g/mol. The summed E-state index contributed by atoms with van der Waals surface area (Å²) >= 11 is 0. The molecular formula is C13H17FN6. The molecule has 3 rings (SSSR count). The molecule has 1 fully saturated rings. The van der Waals surface area contributed by atoms with Crippen molar-refractivity contribution in [1.82, 2.24) is 30.8 Å². The molecule has 106 valence electrons. The average molecular weight is 276 g/mol. The summed E-state index contributed by atoms with van der Waals surface area (Å²) < 4.78 is 12.9. The van der Waals surface area contributed by atoms with Crippen molar-refractivity contribution in [3.8, 4) is 0 Å². The molecule has 1 saturated heterocycles. The molecule has 2 heterocycles. The predicted molar refractivity (Wildman–Crippen MR) is 71.3 cm³/mol. The Labute approximate surface area is 116 Å². The molecule has 20 heavy (non-hydrogen) atoms. The maximum atomic E-state index is 12.9. The molecule has 1 aromatic carbocycles. The van der Waals surface area contributed by atoms with Crippen LogP contribution in [0.15, 0.2) is 24.3 Å². The number of nitrogens with zero attached hydrogens (tertiary/aromatic N) is 4. The molecule has 1 atom stereocenters. The van der Waals surface area contributed by atoms with Gasteiger partial charge in [-0.25, -0.2) is 4.39 Å². The van der Waals surface area contributed by atoms with Gasteiger partial charge >= 0.3 is 0 Å². The van der Waals surface area contributed by atoms with Gasteiger partial charge in [-0.2, -0.15) is 5.21 Å². The minimum Gasteiger partial charge on any atom is -0.311 e. The van der Waals surface area contributed by atoms with Crippen LogP contribution in [0.3, 0.4) is 0 Å². The van der Waals surface area contributed by atoms with Crippen molar-refractivity contribution in [2.24, 2.45) is 0 Å². The van der Waals surface area contributed by atoms with Gasteiger partial charge < -0.3 is 5.32 Å². The van der Waals surface area contributed by atoms with Crippen molar-refractivity contribution in [3.05, 3.63) is 41.5 Å². The van der Waals surface area contributed by atoms with Crippen molar-refractivity contribution < 1.29 is 4.39 Å². The van der Waals surface area contributed by atoms with Gasteiger partial charge in [0.25, 0.3) is 0 Å². The fourth-order valence-electron chi connectivity index (χ4n) is 2.51. The first-order valence-corrected chi connectivity index (χ1v) is 6.72. The summed E-state index contributed by atoms with van der Waals surface area (Å²) in [7, 11) is 0. The van der Waals surface area contributed by atoms with Crippen LogP contribution < -0.4 is 5.32 Å². The molecule has 0 saturated carbocycles. The number of hydrogen-bond donors (Lipinski definition) is 2. The Morgan fingerprint density at radius 3 is 2.90 bits per heavy atom. The Balaban J connectivity index is 1.56. The van der Waals surface area contributed by atoms with Crippen LogP contribution in [0.4, 0.5) is 4.39 Å². The van der Waals surface area contributed by atoms with Crippen LogP contribution in [0.1, 0.15) is 11.4 Å². The van der Waals surface area contributed by atoms with Crippen LogP contribution in [0.2, 0.25) is 0 Å². The number of hydrogen-bond acceptors (Lipinski definition) is 5. The van der Waals surface area contributed by atoms with Gasteiger partial charge in [-0.3, -0.25) is 4.90 Å². The summed E-state index contributed by atoms with van der Waals surface area (Å²) in [6.45, 7) is 3.68. The molecule has 1 aliphatic rings. The highest BCUT2D eigenvalue weighted by Crippen LogP contribution is 2.10. The highest BCUT2D eigenvalue weighted by atomic mass is 19.1. The fraction of sp³-hybridized carbons (Fsp3) is 0.462. The molecule has 1 unspecified atom stereocenters. The van der Waals surface area contributed by atoms with E-state index in [9.17, 15) is 4.39 Å². The van der Waals surface area contributed by atoms with Gasteiger partial charge in [-0.1, -0.05) is 17.3 Å². The number of nitrogens with one attached hydrogen (secondary N) is 2. The van der Waals surface area contributed by atoms with E-state index in [4.69, 9.17) is 0 Å². The lowest BCUT2D eigenvalue weighted by Crippen LogP contribution is -2.51. The second-order valence-corrected chi connectivity index (χ2v) is 5.04. The zero-order valence-corrected chi connectivity index (χ0v) is 11.1. The first-order valence-electron chi connectivity index (χ1n) is 6.72. The minimum absolute atomic E-state index is 0.191. The number of rotatable bonds is 4. The van der Waals surface area contributed by atoms with Gasteiger partial charge in [0.05, 0.1) is 0 Å². The highest BCUT2D eigenvalue weighted by molar-refractivity contribution is 5.16. The number of benzene rings is 1. The summed E-state index contributed by atoms with van der Waals surface area (Å²) in [6.07, 6.45) is 0.760. The SMILES string of the molecule is Fc1ccc(CN2CCNC(Cc3nn[nH]n3)C2)cc1. The number of halogens is 1. The maximum absolute atomic E-state index is 12.9. The van der Waals surface area contributed by atoms with Gasteiger partial charge in [0, 0.05) is 38.6 Å². The third-order valence-corrected chi connectivity index (χ3v) is 3.48. The van der Waals surface area contributed by atoms with Crippen LogP contribution in [-0.4, -0.2) is 51.2 Å². The summed E-state index contributed by atoms with van der Waals surface area (Å²) in [5.41, 5.74) is 1.13. The van der Waals surface area contributed by atoms with Crippen LogP contribution in [0, 0.1) is 5.82 Å². The summed E-state index contributed by atoms with van der Waals surface area (Å²) in [5, 5.41) is 17.5. The van der Waals surface area contributed by atoms with E-state index < -0.39 is 0 Å². The maximum Gasteiger partial charge on any atom is 0.176 e. The molecule has 1 aliphatic heterocycles. The molecule has 0 radical (unpaired) electrons. The van der Waals surface area contributed by atoms with E-state index in [2.05, 4.69) is 30.8 Å². The Kier molecular flexibility index (Phi) is 3.98. The molecule has 7 heteroatoms. The lowest BCUT2D eigenvalue weighted by atomic mass is 10.1. The van der Waals surface area contributed by atoms with E-state index in [0.29, 0.717) is 6.04 Å². The number of aromatic amines is 1. The lowest BCUT2D eigenvalue weighted by molar-refractivity contribution is 0.190. The van der Waals surface area contributed by atoms with Crippen LogP contribution in [-0.2, 0) is 13.0 Å². The average Bonchev–Trinajstić information content (AvgIpc) is 2.95. The number of tetrazole rings is 1. The third kappa shape index (κ3) is 3.37. The predicted octanol–water partition coefficient (Wildman–Crippen LogP) is 0.355. The molecule has 0 amide bonds. The van der Waals surface area contributed by atoms with E-state index in [1.807, 2.05) is 12.1 Å². The molecule has 6 nitrogen and oxygen atoms in total. The largest absolute Gasteiger partial charge is 0.311 e. The van der Waals surface area contributed by atoms with Crippen molar-refractivity contribution in [2.75, 3.05) is 19.6 Å².